The number of methoxy groups -OCH3 is 2. The van der Waals surface area contributed by atoms with Crippen LogP contribution >= 0.6 is 0 Å². The first-order chi connectivity index (χ1) is 5.13. The van der Waals surface area contributed by atoms with E-state index in [-0.39, 0.29) is 5.60 Å². The Bertz CT molecular complexity index is 95.7. The van der Waals surface area contributed by atoms with Crippen molar-refractivity contribution in [1.29, 1.82) is 0 Å². The van der Waals surface area contributed by atoms with Gasteiger partial charge in [0.25, 0.3) is 0 Å². The van der Waals surface area contributed by atoms with Crippen molar-refractivity contribution in [2.75, 3.05) is 20.8 Å². The molecule has 11 heavy (non-hydrogen) atoms. The van der Waals surface area contributed by atoms with Gasteiger partial charge in [-0.05, 0) is 12.3 Å². The Hall–Kier alpha value is -0.0800. The van der Waals surface area contributed by atoms with Gasteiger partial charge in [-0.25, -0.2) is 0 Å². The number of hydrogen-bond acceptors (Lipinski definition) is 2. The van der Waals surface area contributed by atoms with Crippen molar-refractivity contribution in [1.82, 2.24) is 0 Å². The minimum atomic E-state index is -0.0885. The molecule has 0 amide bonds. The molecule has 0 aliphatic rings. The van der Waals surface area contributed by atoms with E-state index in [1.54, 1.807) is 14.2 Å². The second-order valence-corrected chi connectivity index (χ2v) is 3.21. The summed E-state index contributed by atoms with van der Waals surface area (Å²) >= 11 is 0. The van der Waals surface area contributed by atoms with Gasteiger partial charge in [0.05, 0.1) is 12.2 Å². The molecule has 0 aromatic carbocycles. The molecule has 0 aromatic rings. The van der Waals surface area contributed by atoms with E-state index < -0.39 is 0 Å². The van der Waals surface area contributed by atoms with Gasteiger partial charge in [-0.2, -0.15) is 0 Å². The normalized spacial score (nSPS) is 16.9. The molecule has 2 nitrogen and oxygen atoms in total. The first kappa shape index (κ1) is 10.9. The highest BCUT2D eigenvalue weighted by Gasteiger charge is 2.31. The monoisotopic (exact) mass is 160 g/mol. The van der Waals surface area contributed by atoms with Gasteiger partial charge in [0.15, 0.2) is 0 Å². The third kappa shape index (κ3) is 2.46. The Morgan fingerprint density at radius 1 is 1.27 bits per heavy atom. The maximum absolute atomic E-state index is 5.46. The zero-order valence-electron chi connectivity index (χ0n) is 8.31. The molecular weight excluding hydrogens is 140 g/mol. The van der Waals surface area contributed by atoms with E-state index in [9.17, 15) is 0 Å². The van der Waals surface area contributed by atoms with E-state index in [0.717, 1.165) is 6.42 Å². The van der Waals surface area contributed by atoms with Crippen LogP contribution in [0.3, 0.4) is 0 Å². The lowest BCUT2D eigenvalue weighted by atomic mass is 9.88. The molecule has 0 rings (SSSR count). The van der Waals surface area contributed by atoms with Crippen molar-refractivity contribution >= 4 is 0 Å². The Balaban J connectivity index is 4.20. The van der Waals surface area contributed by atoms with Gasteiger partial charge < -0.3 is 9.47 Å². The van der Waals surface area contributed by atoms with E-state index in [4.69, 9.17) is 9.47 Å². The predicted octanol–water partition coefficient (Wildman–Crippen LogP) is 2.08. The van der Waals surface area contributed by atoms with Crippen molar-refractivity contribution in [3.8, 4) is 0 Å². The fourth-order valence-corrected chi connectivity index (χ4v) is 1.36. The summed E-state index contributed by atoms with van der Waals surface area (Å²) in [5, 5.41) is 0. The smallest absolute Gasteiger partial charge is 0.0930 e. The average molecular weight is 160 g/mol. The Morgan fingerprint density at radius 3 is 1.91 bits per heavy atom. The summed E-state index contributed by atoms with van der Waals surface area (Å²) in [6.45, 7) is 7.12. The second kappa shape index (κ2) is 4.73. The first-order valence-corrected chi connectivity index (χ1v) is 4.17. The molecule has 1 atom stereocenters. The minimum Gasteiger partial charge on any atom is -0.382 e. The maximum atomic E-state index is 5.46. The quantitative estimate of drug-likeness (QED) is 0.613. The molecule has 2 heteroatoms. The van der Waals surface area contributed by atoms with Gasteiger partial charge in [-0.3, -0.25) is 0 Å². The van der Waals surface area contributed by atoms with Gasteiger partial charge in [0.1, 0.15) is 0 Å². The highest BCUT2D eigenvalue weighted by molar-refractivity contribution is 4.81. The fraction of sp³-hybridized carbons (Fsp3) is 1.00. The number of ether oxygens (including phenoxy) is 2. The van der Waals surface area contributed by atoms with Crippen LogP contribution in [0.5, 0.6) is 0 Å². The van der Waals surface area contributed by atoms with E-state index in [1.165, 1.54) is 0 Å². The summed E-state index contributed by atoms with van der Waals surface area (Å²) < 4.78 is 10.6. The summed E-state index contributed by atoms with van der Waals surface area (Å²) in [7, 11) is 3.47. The second-order valence-electron chi connectivity index (χ2n) is 3.21. The third-order valence-electron chi connectivity index (χ3n) is 2.45. The van der Waals surface area contributed by atoms with Crippen LogP contribution in [0, 0.1) is 5.92 Å². The van der Waals surface area contributed by atoms with Crippen LogP contribution in [0.25, 0.3) is 0 Å². The number of hydrogen-bond donors (Lipinski definition) is 0. The molecular formula is C9H20O2. The van der Waals surface area contributed by atoms with E-state index in [0.29, 0.717) is 12.5 Å². The first-order valence-electron chi connectivity index (χ1n) is 4.17. The van der Waals surface area contributed by atoms with E-state index in [1.807, 2.05) is 0 Å². The van der Waals surface area contributed by atoms with Gasteiger partial charge in [-0.15, -0.1) is 0 Å². The zero-order chi connectivity index (χ0) is 8.91. The number of rotatable bonds is 5. The summed E-state index contributed by atoms with van der Waals surface area (Å²) in [5.74, 6) is 0.498. The van der Waals surface area contributed by atoms with E-state index in [2.05, 4.69) is 20.8 Å². The Morgan fingerprint density at radius 2 is 1.82 bits per heavy atom. The summed E-state index contributed by atoms with van der Waals surface area (Å²) in [6.07, 6.45) is 0.995. The molecule has 0 aliphatic carbocycles. The van der Waals surface area contributed by atoms with Crippen LogP contribution in [-0.2, 0) is 9.47 Å². The van der Waals surface area contributed by atoms with Crippen LogP contribution in [-0.4, -0.2) is 26.4 Å². The van der Waals surface area contributed by atoms with Gasteiger partial charge in [0.2, 0.25) is 0 Å². The van der Waals surface area contributed by atoms with Crippen LogP contribution in [0.1, 0.15) is 27.2 Å². The molecule has 0 bridgehead atoms. The SMILES string of the molecule is CC[C@@](COC)(OC)C(C)C. The summed E-state index contributed by atoms with van der Waals surface area (Å²) in [4.78, 5) is 0. The predicted molar refractivity (Wildman–Crippen MR) is 46.7 cm³/mol. The molecule has 0 radical (unpaired) electrons. The van der Waals surface area contributed by atoms with Crippen molar-refractivity contribution in [2.45, 2.75) is 32.8 Å². The highest BCUT2D eigenvalue weighted by atomic mass is 16.5. The van der Waals surface area contributed by atoms with Crippen molar-refractivity contribution in [3.63, 3.8) is 0 Å². The van der Waals surface area contributed by atoms with Gasteiger partial charge in [-0.1, -0.05) is 20.8 Å². The van der Waals surface area contributed by atoms with Gasteiger partial charge in [0, 0.05) is 14.2 Å². The lowest BCUT2D eigenvalue weighted by Gasteiger charge is -2.34. The summed E-state index contributed by atoms with van der Waals surface area (Å²) in [5.41, 5.74) is -0.0885. The minimum absolute atomic E-state index is 0.0885. The molecule has 68 valence electrons. The van der Waals surface area contributed by atoms with Crippen LogP contribution in [0.2, 0.25) is 0 Å². The molecule has 0 heterocycles. The third-order valence-corrected chi connectivity index (χ3v) is 2.45. The standard InChI is InChI=1S/C9H20O2/c1-6-9(11-5,7-10-4)8(2)3/h8H,6-7H2,1-5H3/t9-/m0/s1. The molecule has 0 aliphatic heterocycles. The van der Waals surface area contributed by atoms with E-state index >= 15 is 0 Å². The zero-order valence-corrected chi connectivity index (χ0v) is 8.31. The fourth-order valence-electron chi connectivity index (χ4n) is 1.36. The molecule has 0 saturated carbocycles. The molecule has 0 fully saturated rings. The molecule has 0 unspecified atom stereocenters. The van der Waals surface area contributed by atoms with Crippen molar-refractivity contribution in [2.24, 2.45) is 5.92 Å². The lowest BCUT2D eigenvalue weighted by Crippen LogP contribution is -2.41. The van der Waals surface area contributed by atoms with Crippen LogP contribution < -0.4 is 0 Å². The van der Waals surface area contributed by atoms with Gasteiger partial charge >= 0.3 is 0 Å². The Labute approximate surface area is 69.9 Å². The van der Waals surface area contributed by atoms with Crippen LogP contribution in [0.15, 0.2) is 0 Å². The Kier molecular flexibility index (Phi) is 4.69. The topological polar surface area (TPSA) is 18.5 Å². The largest absolute Gasteiger partial charge is 0.382 e. The van der Waals surface area contributed by atoms with Crippen molar-refractivity contribution in [3.05, 3.63) is 0 Å². The van der Waals surface area contributed by atoms with Crippen molar-refractivity contribution < 1.29 is 9.47 Å². The van der Waals surface area contributed by atoms with Crippen LogP contribution in [0.4, 0.5) is 0 Å². The average Bonchev–Trinajstić information content (AvgIpc) is 2.00. The molecule has 0 N–H and O–H groups in total. The summed E-state index contributed by atoms with van der Waals surface area (Å²) in [6, 6.07) is 0. The molecule has 0 aromatic heterocycles. The maximum Gasteiger partial charge on any atom is 0.0930 e. The lowest BCUT2D eigenvalue weighted by molar-refractivity contribution is -0.0964. The highest BCUT2D eigenvalue weighted by Crippen LogP contribution is 2.24. The molecule has 0 spiro atoms. The molecule has 0 saturated heterocycles.